The molecule has 3 aliphatic rings. The van der Waals surface area contributed by atoms with Crippen molar-refractivity contribution in [2.45, 2.75) is 50.6 Å². The van der Waals surface area contributed by atoms with Gasteiger partial charge in [0.1, 0.15) is 0 Å². The molecule has 4 heteroatoms. The van der Waals surface area contributed by atoms with Crippen molar-refractivity contribution in [3.8, 4) is 0 Å². The minimum atomic E-state index is 0.209. The van der Waals surface area contributed by atoms with Gasteiger partial charge in [0.25, 0.3) is 0 Å². The first-order valence-electron chi connectivity index (χ1n) is 7.58. The highest BCUT2D eigenvalue weighted by Gasteiger charge is 2.32. The smallest absolute Gasteiger partial charge is 0.224 e. The number of carbonyl (C=O) groups is 1. The van der Waals surface area contributed by atoms with Crippen molar-refractivity contribution in [1.82, 2.24) is 15.5 Å². The number of carbonyl (C=O) groups excluding carboxylic acids is 1. The van der Waals surface area contributed by atoms with Gasteiger partial charge < -0.3 is 15.5 Å². The summed E-state index contributed by atoms with van der Waals surface area (Å²) >= 11 is 0. The molecule has 3 rings (SSSR count). The van der Waals surface area contributed by atoms with Gasteiger partial charge in [0.15, 0.2) is 0 Å². The van der Waals surface area contributed by atoms with Crippen LogP contribution in [0.15, 0.2) is 0 Å². The molecule has 0 aromatic carbocycles. The molecule has 2 aliphatic heterocycles. The van der Waals surface area contributed by atoms with Crippen LogP contribution in [0.5, 0.6) is 0 Å². The van der Waals surface area contributed by atoms with Crippen LogP contribution < -0.4 is 10.6 Å². The number of nitrogens with one attached hydrogen (secondary N) is 2. The Hall–Kier alpha value is -0.610. The summed E-state index contributed by atoms with van der Waals surface area (Å²) in [4.78, 5) is 14.7. The Balaban J connectivity index is 1.41. The Kier molecular flexibility index (Phi) is 3.85. The van der Waals surface area contributed by atoms with E-state index in [2.05, 4.69) is 15.5 Å². The minimum absolute atomic E-state index is 0.209. The van der Waals surface area contributed by atoms with E-state index in [4.69, 9.17) is 0 Å². The Morgan fingerprint density at radius 3 is 2.50 bits per heavy atom. The molecule has 102 valence electrons. The molecule has 2 N–H and O–H groups in total. The zero-order chi connectivity index (χ0) is 12.4. The van der Waals surface area contributed by atoms with Crippen LogP contribution in [0.1, 0.15) is 38.5 Å². The van der Waals surface area contributed by atoms with Gasteiger partial charge in [-0.05, 0) is 45.1 Å². The van der Waals surface area contributed by atoms with Crippen molar-refractivity contribution in [2.24, 2.45) is 5.92 Å². The van der Waals surface area contributed by atoms with Crippen LogP contribution in [-0.2, 0) is 4.79 Å². The molecule has 0 spiro atoms. The molecule has 4 nitrogen and oxygen atoms in total. The van der Waals surface area contributed by atoms with E-state index in [1.165, 1.54) is 25.9 Å². The highest BCUT2D eigenvalue weighted by molar-refractivity contribution is 5.79. The zero-order valence-electron chi connectivity index (χ0n) is 11.2. The lowest BCUT2D eigenvalue weighted by molar-refractivity contribution is -0.126. The van der Waals surface area contributed by atoms with Gasteiger partial charge in [0.2, 0.25) is 5.91 Å². The second kappa shape index (κ2) is 5.57. The summed E-state index contributed by atoms with van der Waals surface area (Å²) < 4.78 is 0. The van der Waals surface area contributed by atoms with E-state index in [1.807, 2.05) is 0 Å². The van der Waals surface area contributed by atoms with Gasteiger partial charge in [-0.25, -0.2) is 0 Å². The van der Waals surface area contributed by atoms with E-state index in [0.29, 0.717) is 6.04 Å². The van der Waals surface area contributed by atoms with Crippen LogP contribution in [-0.4, -0.2) is 49.1 Å². The van der Waals surface area contributed by atoms with Crippen LogP contribution in [0.3, 0.4) is 0 Å². The molecule has 2 heterocycles. The highest BCUT2D eigenvalue weighted by Crippen LogP contribution is 2.29. The summed E-state index contributed by atoms with van der Waals surface area (Å²) in [5.74, 6) is 0.493. The van der Waals surface area contributed by atoms with E-state index in [0.717, 1.165) is 44.8 Å². The van der Waals surface area contributed by atoms with Crippen LogP contribution in [0.4, 0.5) is 0 Å². The van der Waals surface area contributed by atoms with Gasteiger partial charge in [-0.1, -0.05) is 0 Å². The first-order chi connectivity index (χ1) is 8.83. The molecule has 0 aromatic rings. The number of hydrogen-bond donors (Lipinski definition) is 2. The quantitative estimate of drug-likeness (QED) is 0.777. The van der Waals surface area contributed by atoms with E-state index < -0.39 is 0 Å². The maximum atomic E-state index is 12.1. The fraction of sp³-hybridized carbons (Fsp3) is 0.929. The number of piperidine rings is 2. The molecule has 0 radical (unpaired) electrons. The van der Waals surface area contributed by atoms with E-state index in [9.17, 15) is 4.79 Å². The third-order valence-electron chi connectivity index (χ3n) is 4.61. The maximum absolute atomic E-state index is 12.1. The fourth-order valence-electron chi connectivity index (χ4n) is 3.24. The van der Waals surface area contributed by atoms with Crippen molar-refractivity contribution in [1.29, 1.82) is 0 Å². The first kappa shape index (κ1) is 12.4. The summed E-state index contributed by atoms with van der Waals surface area (Å²) in [7, 11) is 0. The van der Waals surface area contributed by atoms with Gasteiger partial charge in [-0.2, -0.15) is 0 Å². The molecule has 2 saturated heterocycles. The van der Waals surface area contributed by atoms with Crippen molar-refractivity contribution < 1.29 is 4.79 Å². The van der Waals surface area contributed by atoms with Crippen molar-refractivity contribution in [3.63, 3.8) is 0 Å². The normalized spacial score (nSPS) is 31.2. The number of amides is 1. The third-order valence-corrected chi connectivity index (χ3v) is 4.61. The number of rotatable bonds is 3. The Labute approximate surface area is 109 Å². The van der Waals surface area contributed by atoms with Gasteiger partial charge in [0, 0.05) is 31.7 Å². The van der Waals surface area contributed by atoms with Gasteiger partial charge in [-0.15, -0.1) is 0 Å². The van der Waals surface area contributed by atoms with E-state index >= 15 is 0 Å². The second-order valence-electron chi connectivity index (χ2n) is 6.09. The number of likely N-dealkylation sites (tertiary alicyclic amines) is 1. The monoisotopic (exact) mass is 251 g/mol. The van der Waals surface area contributed by atoms with Crippen LogP contribution in [0.25, 0.3) is 0 Å². The summed E-state index contributed by atoms with van der Waals surface area (Å²) in [5, 5.41) is 6.58. The maximum Gasteiger partial charge on any atom is 0.224 e. The van der Waals surface area contributed by atoms with Crippen molar-refractivity contribution in [2.75, 3.05) is 26.2 Å². The van der Waals surface area contributed by atoms with E-state index in [1.54, 1.807) is 0 Å². The van der Waals surface area contributed by atoms with Crippen molar-refractivity contribution >= 4 is 5.91 Å². The number of nitrogens with zero attached hydrogens (tertiary/aromatic N) is 1. The lowest BCUT2D eigenvalue weighted by Crippen LogP contribution is -2.49. The Bertz CT molecular complexity index is 289. The molecule has 0 bridgehead atoms. The van der Waals surface area contributed by atoms with Crippen LogP contribution in [0, 0.1) is 5.92 Å². The molecule has 3 fully saturated rings. The minimum Gasteiger partial charge on any atom is -0.353 e. The summed E-state index contributed by atoms with van der Waals surface area (Å²) in [5.41, 5.74) is 0. The number of hydrogen-bond acceptors (Lipinski definition) is 3. The molecule has 1 saturated carbocycles. The molecule has 0 aromatic heterocycles. The van der Waals surface area contributed by atoms with Gasteiger partial charge in [0.05, 0.1) is 5.92 Å². The molecular weight excluding hydrogens is 226 g/mol. The SMILES string of the molecule is O=C(NC1CCN(C2CC2)CC1)C1CCCNC1. The molecule has 1 aliphatic carbocycles. The predicted molar refractivity (Wildman–Crippen MR) is 71.4 cm³/mol. The molecule has 1 unspecified atom stereocenters. The summed E-state index contributed by atoms with van der Waals surface area (Å²) in [6.45, 7) is 4.30. The molecule has 1 amide bonds. The van der Waals surface area contributed by atoms with Crippen LogP contribution in [0.2, 0.25) is 0 Å². The second-order valence-corrected chi connectivity index (χ2v) is 6.09. The first-order valence-corrected chi connectivity index (χ1v) is 7.58. The fourth-order valence-corrected chi connectivity index (χ4v) is 3.24. The summed E-state index contributed by atoms with van der Waals surface area (Å²) in [6.07, 6.45) is 7.26. The standard InChI is InChI=1S/C14H25N3O/c18-14(11-2-1-7-15-10-11)16-12-5-8-17(9-6-12)13-3-4-13/h11-13,15H,1-10H2,(H,16,18). The Morgan fingerprint density at radius 2 is 1.89 bits per heavy atom. The predicted octanol–water partition coefficient (Wildman–Crippen LogP) is 0.729. The average molecular weight is 251 g/mol. The summed E-state index contributed by atoms with van der Waals surface area (Å²) in [6, 6.07) is 1.30. The Morgan fingerprint density at radius 1 is 1.11 bits per heavy atom. The third kappa shape index (κ3) is 3.04. The van der Waals surface area contributed by atoms with Gasteiger partial charge in [-0.3, -0.25) is 4.79 Å². The molecule has 18 heavy (non-hydrogen) atoms. The van der Waals surface area contributed by atoms with E-state index in [-0.39, 0.29) is 11.8 Å². The largest absolute Gasteiger partial charge is 0.353 e. The lowest BCUT2D eigenvalue weighted by atomic mass is 9.97. The van der Waals surface area contributed by atoms with Gasteiger partial charge >= 0.3 is 0 Å². The van der Waals surface area contributed by atoms with Crippen LogP contribution >= 0.6 is 0 Å². The van der Waals surface area contributed by atoms with Crippen molar-refractivity contribution in [3.05, 3.63) is 0 Å². The average Bonchev–Trinajstić information content (AvgIpc) is 3.25. The zero-order valence-corrected chi connectivity index (χ0v) is 11.2. The highest BCUT2D eigenvalue weighted by atomic mass is 16.2. The lowest BCUT2D eigenvalue weighted by Gasteiger charge is -2.33. The molecular formula is C14H25N3O. The molecule has 1 atom stereocenters. The topological polar surface area (TPSA) is 44.4 Å².